The van der Waals surface area contributed by atoms with Gasteiger partial charge in [-0.1, -0.05) is 47.5 Å². The lowest BCUT2D eigenvalue weighted by Gasteiger charge is -2.44. The lowest BCUT2D eigenvalue weighted by Crippen LogP contribution is -2.53. The van der Waals surface area contributed by atoms with Gasteiger partial charge in [-0.15, -0.1) is 0 Å². The first-order valence-corrected chi connectivity index (χ1v) is 8.52. The molecule has 1 nitrogen and oxygen atoms in total. The minimum absolute atomic E-state index is 0.499. The molecule has 4 unspecified atom stereocenters. The highest BCUT2D eigenvalue weighted by Crippen LogP contribution is 2.62. The Labute approximate surface area is 120 Å². The van der Waals surface area contributed by atoms with Crippen LogP contribution in [0.1, 0.15) is 80.1 Å². The molecule has 0 aromatic rings. The third kappa shape index (κ3) is 3.01. The molecule has 0 amide bonds. The number of rotatable bonds is 6. The molecule has 2 aliphatic rings. The van der Waals surface area contributed by atoms with Gasteiger partial charge in [0.05, 0.1) is 0 Å². The first-order chi connectivity index (χ1) is 8.75. The molecule has 0 radical (unpaired) electrons. The zero-order chi connectivity index (χ0) is 14.3. The second-order valence-electron chi connectivity index (χ2n) is 8.74. The van der Waals surface area contributed by atoms with E-state index in [1.165, 1.54) is 38.5 Å². The molecule has 2 aliphatic carbocycles. The second-order valence-corrected chi connectivity index (χ2v) is 8.74. The van der Waals surface area contributed by atoms with Gasteiger partial charge in [0.1, 0.15) is 0 Å². The molecule has 2 rings (SSSR count). The number of hydrogen-bond acceptors (Lipinski definition) is 1. The second kappa shape index (κ2) is 5.39. The zero-order valence-corrected chi connectivity index (χ0v) is 14.1. The predicted molar refractivity (Wildman–Crippen MR) is 84.3 cm³/mol. The van der Waals surface area contributed by atoms with Crippen molar-refractivity contribution in [3.8, 4) is 0 Å². The Hall–Kier alpha value is -0.0400. The molecule has 0 spiro atoms. The number of nitrogens with one attached hydrogen (secondary N) is 1. The summed E-state index contributed by atoms with van der Waals surface area (Å²) < 4.78 is 0. The molecule has 1 heteroatoms. The van der Waals surface area contributed by atoms with Crippen LogP contribution in [-0.4, -0.2) is 12.1 Å². The van der Waals surface area contributed by atoms with E-state index in [1.807, 2.05) is 0 Å². The van der Waals surface area contributed by atoms with E-state index in [0.717, 1.165) is 17.9 Å². The van der Waals surface area contributed by atoms with E-state index in [9.17, 15) is 0 Å². The Morgan fingerprint density at radius 1 is 1.11 bits per heavy atom. The van der Waals surface area contributed by atoms with Crippen LogP contribution in [0.4, 0.5) is 0 Å². The van der Waals surface area contributed by atoms with Gasteiger partial charge in [0.25, 0.3) is 0 Å². The molecule has 0 saturated heterocycles. The third-order valence-electron chi connectivity index (χ3n) is 6.14. The maximum atomic E-state index is 4.01. The zero-order valence-electron chi connectivity index (χ0n) is 14.1. The molecule has 0 aromatic carbocycles. The maximum absolute atomic E-state index is 4.01. The van der Waals surface area contributed by atoms with Crippen molar-refractivity contribution in [1.82, 2.24) is 5.32 Å². The van der Waals surface area contributed by atoms with Crippen LogP contribution in [0.5, 0.6) is 0 Å². The molecule has 1 N–H and O–H groups in total. The predicted octanol–water partition coefficient (Wildman–Crippen LogP) is 5.01. The average molecular weight is 265 g/mol. The van der Waals surface area contributed by atoms with E-state index in [2.05, 4.69) is 46.9 Å². The van der Waals surface area contributed by atoms with Gasteiger partial charge in [-0.25, -0.2) is 0 Å². The Kier molecular flexibility index (Phi) is 4.35. The van der Waals surface area contributed by atoms with Gasteiger partial charge in [-0.05, 0) is 55.3 Å². The van der Waals surface area contributed by atoms with E-state index >= 15 is 0 Å². The maximum Gasteiger partial charge on any atom is 0.0177 e. The van der Waals surface area contributed by atoms with Crippen LogP contribution in [0.3, 0.4) is 0 Å². The van der Waals surface area contributed by atoms with Crippen LogP contribution in [0.15, 0.2) is 0 Å². The lowest BCUT2D eigenvalue weighted by atomic mass is 9.68. The molecule has 0 heterocycles. The highest BCUT2D eigenvalue weighted by molar-refractivity contribution is 5.12. The van der Waals surface area contributed by atoms with Gasteiger partial charge < -0.3 is 5.32 Å². The smallest absolute Gasteiger partial charge is 0.0177 e. The van der Waals surface area contributed by atoms with Crippen molar-refractivity contribution in [2.45, 2.75) is 92.2 Å². The van der Waals surface area contributed by atoms with E-state index in [1.54, 1.807) is 0 Å². The number of fused-ring (bicyclic) bond motifs is 2. The Morgan fingerprint density at radius 3 is 2.32 bits per heavy atom. The molecule has 2 fully saturated rings. The fraction of sp³-hybridized carbons (Fsp3) is 1.00. The van der Waals surface area contributed by atoms with E-state index in [-0.39, 0.29) is 0 Å². The molecule has 19 heavy (non-hydrogen) atoms. The molecule has 2 bridgehead atoms. The Bertz CT molecular complexity index is 302. The van der Waals surface area contributed by atoms with Gasteiger partial charge >= 0.3 is 0 Å². The standard InChI is InChI=1S/C18H35N/c1-13(2)8-7-9-14(3)19-16-17(4,5)15-10-11-18(16,6)12-15/h13-16,19H,7-12H2,1-6H3. The van der Waals surface area contributed by atoms with Crippen molar-refractivity contribution >= 4 is 0 Å². The van der Waals surface area contributed by atoms with Gasteiger partial charge in [0.2, 0.25) is 0 Å². The molecule has 112 valence electrons. The average Bonchev–Trinajstić information content (AvgIpc) is 2.75. The summed E-state index contributed by atoms with van der Waals surface area (Å²) in [4.78, 5) is 0. The molecule has 0 aliphatic heterocycles. The highest BCUT2D eigenvalue weighted by Gasteiger charge is 2.59. The SMILES string of the molecule is CC(C)CCCC(C)NC1C2(C)CCC(C2)C1(C)C. The van der Waals surface area contributed by atoms with Crippen LogP contribution < -0.4 is 5.32 Å². The largest absolute Gasteiger partial charge is 0.310 e. The first kappa shape index (κ1) is 15.4. The fourth-order valence-corrected chi connectivity index (χ4v) is 4.92. The van der Waals surface area contributed by atoms with Gasteiger partial charge in [-0.2, -0.15) is 0 Å². The Balaban J connectivity index is 1.88. The van der Waals surface area contributed by atoms with Gasteiger partial charge in [0.15, 0.2) is 0 Å². The van der Waals surface area contributed by atoms with Crippen LogP contribution in [0, 0.1) is 22.7 Å². The summed E-state index contributed by atoms with van der Waals surface area (Å²) in [5, 5.41) is 4.01. The third-order valence-corrected chi connectivity index (χ3v) is 6.14. The summed E-state index contributed by atoms with van der Waals surface area (Å²) in [6.45, 7) is 14.6. The van der Waals surface area contributed by atoms with E-state index in [4.69, 9.17) is 0 Å². The van der Waals surface area contributed by atoms with Gasteiger partial charge in [0, 0.05) is 12.1 Å². The van der Waals surface area contributed by atoms with E-state index < -0.39 is 0 Å². The lowest BCUT2D eigenvalue weighted by molar-refractivity contribution is 0.0987. The van der Waals surface area contributed by atoms with Crippen molar-refractivity contribution in [3.63, 3.8) is 0 Å². The molecule has 0 aromatic heterocycles. The molecular formula is C18H35N. The summed E-state index contributed by atoms with van der Waals surface area (Å²) in [6, 6.07) is 1.41. The van der Waals surface area contributed by atoms with Crippen LogP contribution in [0.25, 0.3) is 0 Å². The van der Waals surface area contributed by atoms with Crippen molar-refractivity contribution in [1.29, 1.82) is 0 Å². The monoisotopic (exact) mass is 265 g/mol. The Morgan fingerprint density at radius 2 is 1.79 bits per heavy atom. The topological polar surface area (TPSA) is 12.0 Å². The number of hydrogen-bond donors (Lipinski definition) is 1. The highest BCUT2D eigenvalue weighted by atomic mass is 15.0. The van der Waals surface area contributed by atoms with Crippen molar-refractivity contribution in [2.75, 3.05) is 0 Å². The van der Waals surface area contributed by atoms with Crippen LogP contribution in [-0.2, 0) is 0 Å². The summed E-state index contributed by atoms with van der Waals surface area (Å²) >= 11 is 0. The van der Waals surface area contributed by atoms with Crippen molar-refractivity contribution in [2.24, 2.45) is 22.7 Å². The fourth-order valence-electron chi connectivity index (χ4n) is 4.92. The summed E-state index contributed by atoms with van der Waals surface area (Å²) in [5.74, 6) is 1.81. The molecule has 4 atom stereocenters. The first-order valence-electron chi connectivity index (χ1n) is 8.52. The summed E-state index contributed by atoms with van der Waals surface area (Å²) in [6.07, 6.45) is 8.45. The quantitative estimate of drug-likeness (QED) is 0.712. The van der Waals surface area contributed by atoms with E-state index in [0.29, 0.717) is 16.9 Å². The summed E-state index contributed by atoms with van der Waals surface area (Å²) in [7, 11) is 0. The van der Waals surface area contributed by atoms with Crippen LogP contribution in [0.2, 0.25) is 0 Å². The van der Waals surface area contributed by atoms with Gasteiger partial charge in [-0.3, -0.25) is 0 Å². The molecular weight excluding hydrogens is 230 g/mol. The normalized spacial score (nSPS) is 38.1. The van der Waals surface area contributed by atoms with Crippen LogP contribution >= 0.6 is 0 Å². The minimum Gasteiger partial charge on any atom is -0.310 e. The molecule has 2 saturated carbocycles. The summed E-state index contributed by atoms with van der Waals surface area (Å²) in [5.41, 5.74) is 1.07. The van der Waals surface area contributed by atoms with Crippen molar-refractivity contribution < 1.29 is 0 Å². The van der Waals surface area contributed by atoms with Crippen molar-refractivity contribution in [3.05, 3.63) is 0 Å². The minimum atomic E-state index is 0.499.